The summed E-state index contributed by atoms with van der Waals surface area (Å²) in [6, 6.07) is 6.40. The van der Waals surface area contributed by atoms with Crippen LogP contribution in [0, 0.1) is 6.92 Å². The van der Waals surface area contributed by atoms with E-state index >= 15 is 0 Å². The molecule has 2 heteroatoms. The summed E-state index contributed by atoms with van der Waals surface area (Å²) in [6.45, 7) is 9.50. The predicted octanol–water partition coefficient (Wildman–Crippen LogP) is 4.16. The SMILES string of the molecule is Cc1ccc(/C=C/CNC(C)(C)C)cc1Br. The Kier molecular flexibility index (Phi) is 4.75. The molecule has 0 heterocycles. The summed E-state index contributed by atoms with van der Waals surface area (Å²) in [5.74, 6) is 0. The second-order valence-corrected chi connectivity index (χ2v) is 5.90. The largest absolute Gasteiger partial charge is 0.309 e. The van der Waals surface area contributed by atoms with Gasteiger partial charge in [0.2, 0.25) is 0 Å². The minimum absolute atomic E-state index is 0.179. The molecule has 0 spiro atoms. The molecule has 0 aliphatic heterocycles. The van der Waals surface area contributed by atoms with Crippen molar-refractivity contribution >= 4 is 22.0 Å². The number of hydrogen-bond acceptors (Lipinski definition) is 1. The Balaban J connectivity index is 2.53. The molecule has 1 nitrogen and oxygen atoms in total. The fourth-order valence-corrected chi connectivity index (χ4v) is 1.67. The van der Waals surface area contributed by atoms with Gasteiger partial charge in [0.1, 0.15) is 0 Å². The average molecular weight is 282 g/mol. The second-order valence-electron chi connectivity index (χ2n) is 5.04. The molecule has 0 unspecified atom stereocenters. The van der Waals surface area contributed by atoms with Gasteiger partial charge in [-0.05, 0) is 44.9 Å². The highest BCUT2D eigenvalue weighted by Crippen LogP contribution is 2.18. The third-order valence-corrected chi connectivity index (χ3v) is 3.11. The number of benzene rings is 1. The number of nitrogens with one attached hydrogen (secondary N) is 1. The van der Waals surface area contributed by atoms with E-state index in [-0.39, 0.29) is 5.54 Å². The van der Waals surface area contributed by atoms with Crippen molar-refractivity contribution in [2.45, 2.75) is 33.2 Å². The van der Waals surface area contributed by atoms with Crippen LogP contribution in [0.5, 0.6) is 0 Å². The molecule has 16 heavy (non-hydrogen) atoms. The molecule has 0 aromatic heterocycles. The fourth-order valence-electron chi connectivity index (χ4n) is 1.27. The lowest BCUT2D eigenvalue weighted by Crippen LogP contribution is -2.35. The molecular weight excluding hydrogens is 262 g/mol. The van der Waals surface area contributed by atoms with Crippen LogP contribution in [0.15, 0.2) is 28.7 Å². The predicted molar refractivity (Wildman–Crippen MR) is 75.7 cm³/mol. The van der Waals surface area contributed by atoms with Gasteiger partial charge < -0.3 is 5.32 Å². The molecule has 0 radical (unpaired) electrons. The van der Waals surface area contributed by atoms with E-state index in [2.05, 4.69) is 79.3 Å². The molecule has 1 aromatic rings. The lowest BCUT2D eigenvalue weighted by molar-refractivity contribution is 0.450. The molecule has 0 amide bonds. The van der Waals surface area contributed by atoms with E-state index in [4.69, 9.17) is 0 Å². The molecule has 0 atom stereocenters. The van der Waals surface area contributed by atoms with Crippen LogP contribution >= 0.6 is 15.9 Å². The van der Waals surface area contributed by atoms with Crippen LogP contribution in [-0.4, -0.2) is 12.1 Å². The monoisotopic (exact) mass is 281 g/mol. The third-order valence-electron chi connectivity index (χ3n) is 2.26. The van der Waals surface area contributed by atoms with E-state index in [1.165, 1.54) is 15.6 Å². The van der Waals surface area contributed by atoms with Crippen molar-refractivity contribution in [3.05, 3.63) is 39.9 Å². The molecule has 0 aliphatic carbocycles. The lowest BCUT2D eigenvalue weighted by atomic mass is 10.1. The van der Waals surface area contributed by atoms with Crippen molar-refractivity contribution in [1.82, 2.24) is 5.32 Å². The average Bonchev–Trinajstić information content (AvgIpc) is 2.17. The van der Waals surface area contributed by atoms with E-state index in [9.17, 15) is 0 Å². The molecule has 0 fully saturated rings. The van der Waals surface area contributed by atoms with E-state index < -0.39 is 0 Å². The number of rotatable bonds is 3. The van der Waals surface area contributed by atoms with Crippen LogP contribution in [0.4, 0.5) is 0 Å². The minimum Gasteiger partial charge on any atom is -0.309 e. The zero-order valence-corrected chi connectivity index (χ0v) is 12.1. The summed E-state index contributed by atoms with van der Waals surface area (Å²) in [7, 11) is 0. The zero-order valence-electron chi connectivity index (χ0n) is 10.5. The highest BCUT2D eigenvalue weighted by Gasteiger charge is 2.05. The Bertz CT molecular complexity index is 375. The fraction of sp³-hybridized carbons (Fsp3) is 0.429. The summed E-state index contributed by atoms with van der Waals surface area (Å²) in [5.41, 5.74) is 2.68. The van der Waals surface area contributed by atoms with Crippen LogP contribution in [-0.2, 0) is 0 Å². The Morgan fingerprint density at radius 2 is 2.00 bits per heavy atom. The van der Waals surface area contributed by atoms with Crippen LogP contribution in [0.2, 0.25) is 0 Å². The Hall–Kier alpha value is -0.600. The van der Waals surface area contributed by atoms with Gasteiger partial charge in [0.05, 0.1) is 0 Å². The Morgan fingerprint density at radius 3 is 2.56 bits per heavy atom. The first-order valence-corrected chi connectivity index (χ1v) is 6.35. The molecule has 1 rings (SSSR count). The molecule has 0 saturated heterocycles. The van der Waals surface area contributed by atoms with Gasteiger partial charge in [0.25, 0.3) is 0 Å². The third kappa shape index (κ3) is 4.95. The molecular formula is C14H20BrN. The minimum atomic E-state index is 0.179. The molecule has 0 aliphatic rings. The highest BCUT2D eigenvalue weighted by atomic mass is 79.9. The maximum absolute atomic E-state index is 3.54. The summed E-state index contributed by atoms with van der Waals surface area (Å²) in [6.07, 6.45) is 4.30. The van der Waals surface area contributed by atoms with E-state index in [1.807, 2.05) is 0 Å². The Labute approximate surface area is 107 Å². The van der Waals surface area contributed by atoms with Crippen molar-refractivity contribution in [2.75, 3.05) is 6.54 Å². The smallest absolute Gasteiger partial charge is 0.0210 e. The first kappa shape index (κ1) is 13.5. The van der Waals surface area contributed by atoms with Crippen LogP contribution in [0.3, 0.4) is 0 Å². The van der Waals surface area contributed by atoms with E-state index in [0.29, 0.717) is 0 Å². The maximum atomic E-state index is 3.54. The van der Waals surface area contributed by atoms with Gasteiger partial charge in [-0.1, -0.05) is 40.2 Å². The van der Waals surface area contributed by atoms with Crippen LogP contribution in [0.25, 0.3) is 6.08 Å². The standard InChI is InChI=1S/C14H20BrN/c1-11-7-8-12(10-13(11)15)6-5-9-16-14(2,3)4/h5-8,10,16H,9H2,1-4H3/b6-5+. The summed E-state index contributed by atoms with van der Waals surface area (Å²) in [5, 5.41) is 3.42. The molecule has 0 bridgehead atoms. The topological polar surface area (TPSA) is 12.0 Å². The first-order valence-electron chi connectivity index (χ1n) is 5.56. The zero-order chi connectivity index (χ0) is 12.2. The Morgan fingerprint density at radius 1 is 1.31 bits per heavy atom. The number of halogens is 1. The summed E-state index contributed by atoms with van der Waals surface area (Å²) >= 11 is 3.54. The molecule has 1 aromatic carbocycles. The maximum Gasteiger partial charge on any atom is 0.0210 e. The van der Waals surface area contributed by atoms with Gasteiger partial charge in [0.15, 0.2) is 0 Å². The van der Waals surface area contributed by atoms with Gasteiger partial charge in [-0.25, -0.2) is 0 Å². The number of hydrogen-bond donors (Lipinski definition) is 1. The number of aryl methyl sites for hydroxylation is 1. The second kappa shape index (κ2) is 5.65. The van der Waals surface area contributed by atoms with Crippen molar-refractivity contribution in [2.24, 2.45) is 0 Å². The lowest BCUT2D eigenvalue weighted by Gasteiger charge is -2.18. The van der Waals surface area contributed by atoms with Crippen LogP contribution in [0.1, 0.15) is 31.9 Å². The normalized spacial score (nSPS) is 12.3. The summed E-state index contributed by atoms with van der Waals surface area (Å²) < 4.78 is 1.17. The summed E-state index contributed by atoms with van der Waals surface area (Å²) in [4.78, 5) is 0. The van der Waals surface area contributed by atoms with Crippen molar-refractivity contribution in [1.29, 1.82) is 0 Å². The van der Waals surface area contributed by atoms with Gasteiger partial charge >= 0.3 is 0 Å². The molecule has 0 saturated carbocycles. The van der Waals surface area contributed by atoms with Crippen molar-refractivity contribution in [3.8, 4) is 0 Å². The van der Waals surface area contributed by atoms with Gasteiger partial charge in [0, 0.05) is 16.6 Å². The van der Waals surface area contributed by atoms with Gasteiger partial charge in [-0.3, -0.25) is 0 Å². The highest BCUT2D eigenvalue weighted by molar-refractivity contribution is 9.10. The van der Waals surface area contributed by atoms with E-state index in [0.717, 1.165) is 6.54 Å². The van der Waals surface area contributed by atoms with Gasteiger partial charge in [-0.15, -0.1) is 0 Å². The van der Waals surface area contributed by atoms with Crippen LogP contribution < -0.4 is 5.32 Å². The van der Waals surface area contributed by atoms with Gasteiger partial charge in [-0.2, -0.15) is 0 Å². The van der Waals surface area contributed by atoms with E-state index in [1.54, 1.807) is 0 Å². The van der Waals surface area contributed by atoms with Crippen molar-refractivity contribution in [3.63, 3.8) is 0 Å². The molecule has 1 N–H and O–H groups in total. The first-order chi connectivity index (χ1) is 7.38. The quantitative estimate of drug-likeness (QED) is 0.877. The molecule has 88 valence electrons. The van der Waals surface area contributed by atoms with Crippen molar-refractivity contribution < 1.29 is 0 Å².